The van der Waals surface area contributed by atoms with Gasteiger partial charge >= 0.3 is 19.8 Å². The number of aliphatic hydroxyl groups excluding tert-OH is 2. The monoisotopic (exact) mass is 768 g/mol. The Morgan fingerprint density at radius 2 is 1.04 bits per heavy atom. The summed E-state index contributed by atoms with van der Waals surface area (Å²) in [5.41, 5.74) is 0. The minimum Gasteiger partial charge on any atom is -0.462 e. The normalized spacial score (nSPS) is 14.6. The quantitative estimate of drug-likeness (QED) is 0.0241. The summed E-state index contributed by atoms with van der Waals surface area (Å²) in [7, 11) is -4.62. The maximum absolute atomic E-state index is 12.6. The molecule has 0 aliphatic rings. The number of phosphoric acid groups is 1. The zero-order chi connectivity index (χ0) is 39.1. The summed E-state index contributed by atoms with van der Waals surface area (Å²) in [6, 6.07) is 0. The van der Waals surface area contributed by atoms with Gasteiger partial charge in [-0.05, 0) is 77.0 Å². The second-order valence-corrected chi connectivity index (χ2v) is 14.7. The van der Waals surface area contributed by atoms with Crippen LogP contribution < -0.4 is 0 Å². The SMILES string of the molecule is CCC=CCC=CCC=CCCCCCCCC(=O)OCC(COP(=O)(O)OCC(O)CO)OC(=O)CCCCCCCC=CCC=CCCCCC. The van der Waals surface area contributed by atoms with Crippen LogP contribution in [0.5, 0.6) is 0 Å². The molecule has 11 heteroatoms. The number of unbranched alkanes of at least 4 members (excludes halogenated alkanes) is 13. The molecule has 0 aliphatic carbocycles. The second kappa shape index (κ2) is 38.0. The van der Waals surface area contributed by atoms with E-state index in [0.717, 1.165) is 96.3 Å². The lowest BCUT2D eigenvalue weighted by Crippen LogP contribution is -2.29. The second-order valence-electron chi connectivity index (χ2n) is 13.3. The van der Waals surface area contributed by atoms with E-state index in [1.54, 1.807) is 0 Å². The first kappa shape index (κ1) is 50.7. The molecular weight excluding hydrogens is 695 g/mol. The highest BCUT2D eigenvalue weighted by Crippen LogP contribution is 2.43. The number of aliphatic hydroxyl groups is 2. The summed E-state index contributed by atoms with van der Waals surface area (Å²) in [6.07, 6.45) is 40.4. The molecule has 0 aromatic carbocycles. The van der Waals surface area contributed by atoms with Crippen LogP contribution in [0.2, 0.25) is 0 Å². The van der Waals surface area contributed by atoms with Crippen LogP contribution in [0.1, 0.15) is 155 Å². The lowest BCUT2D eigenvalue weighted by molar-refractivity contribution is -0.161. The van der Waals surface area contributed by atoms with Crippen molar-refractivity contribution < 1.29 is 47.8 Å². The molecule has 0 heterocycles. The summed E-state index contributed by atoms with van der Waals surface area (Å²) in [4.78, 5) is 34.9. The molecule has 0 aromatic heterocycles. The summed E-state index contributed by atoms with van der Waals surface area (Å²) in [6.45, 7) is 2.18. The predicted molar refractivity (Wildman–Crippen MR) is 214 cm³/mol. The fraction of sp³-hybridized carbons (Fsp3) is 0.714. The van der Waals surface area contributed by atoms with E-state index in [4.69, 9.17) is 19.1 Å². The van der Waals surface area contributed by atoms with Crippen molar-refractivity contribution in [2.45, 2.75) is 167 Å². The Bertz CT molecular complexity index is 1070. The summed E-state index contributed by atoms with van der Waals surface area (Å²) in [5.74, 6) is -0.966. The molecule has 0 saturated heterocycles. The molecule has 3 unspecified atom stereocenters. The van der Waals surface area contributed by atoms with Crippen molar-refractivity contribution in [2.75, 3.05) is 26.4 Å². The zero-order valence-corrected chi connectivity index (χ0v) is 33.9. The van der Waals surface area contributed by atoms with Gasteiger partial charge in [0.05, 0.1) is 19.8 Å². The molecule has 0 aromatic rings. The molecule has 0 rings (SSSR count). The minimum atomic E-state index is -4.62. The Labute approximate surface area is 321 Å². The molecule has 0 saturated carbocycles. The highest BCUT2D eigenvalue weighted by molar-refractivity contribution is 7.47. The van der Waals surface area contributed by atoms with E-state index >= 15 is 0 Å². The lowest BCUT2D eigenvalue weighted by Gasteiger charge is -2.20. The number of esters is 2. The van der Waals surface area contributed by atoms with Crippen molar-refractivity contribution in [1.82, 2.24) is 0 Å². The Balaban J connectivity index is 4.40. The third kappa shape index (κ3) is 37.8. The van der Waals surface area contributed by atoms with E-state index in [2.05, 4.69) is 79.1 Å². The van der Waals surface area contributed by atoms with Crippen molar-refractivity contribution in [1.29, 1.82) is 0 Å². The van der Waals surface area contributed by atoms with Crippen molar-refractivity contribution in [3.8, 4) is 0 Å². The molecule has 0 bridgehead atoms. The van der Waals surface area contributed by atoms with Gasteiger partial charge in [0, 0.05) is 12.8 Å². The van der Waals surface area contributed by atoms with Gasteiger partial charge in [-0.25, -0.2) is 4.57 Å². The molecule has 306 valence electrons. The van der Waals surface area contributed by atoms with E-state index < -0.39 is 51.8 Å². The van der Waals surface area contributed by atoms with E-state index in [-0.39, 0.29) is 19.4 Å². The number of hydrogen-bond donors (Lipinski definition) is 3. The fourth-order valence-corrected chi connectivity index (χ4v) is 5.83. The molecule has 0 spiro atoms. The van der Waals surface area contributed by atoms with E-state index in [0.29, 0.717) is 12.8 Å². The van der Waals surface area contributed by atoms with Gasteiger partial charge in [-0.15, -0.1) is 0 Å². The summed E-state index contributed by atoms with van der Waals surface area (Å²) >= 11 is 0. The molecule has 53 heavy (non-hydrogen) atoms. The van der Waals surface area contributed by atoms with Crippen molar-refractivity contribution in [3.05, 3.63) is 60.8 Å². The van der Waals surface area contributed by atoms with Crippen molar-refractivity contribution in [3.63, 3.8) is 0 Å². The number of allylic oxidation sites excluding steroid dienone is 10. The highest BCUT2D eigenvalue weighted by Gasteiger charge is 2.27. The van der Waals surface area contributed by atoms with Crippen LogP contribution in [0.25, 0.3) is 0 Å². The highest BCUT2D eigenvalue weighted by atomic mass is 31.2. The molecule has 0 amide bonds. The van der Waals surface area contributed by atoms with Gasteiger partial charge in [0.1, 0.15) is 12.7 Å². The number of hydrogen-bond acceptors (Lipinski definition) is 9. The maximum atomic E-state index is 12.6. The smallest absolute Gasteiger partial charge is 0.462 e. The van der Waals surface area contributed by atoms with Crippen LogP contribution in [-0.2, 0) is 32.7 Å². The number of carbonyl (C=O) groups is 2. The zero-order valence-electron chi connectivity index (χ0n) is 33.0. The molecule has 0 fully saturated rings. The third-order valence-corrected chi connectivity index (χ3v) is 9.11. The van der Waals surface area contributed by atoms with E-state index in [1.807, 2.05) is 0 Å². The fourth-order valence-electron chi connectivity index (χ4n) is 5.04. The van der Waals surface area contributed by atoms with Gasteiger partial charge in [-0.3, -0.25) is 18.6 Å². The Morgan fingerprint density at radius 3 is 1.57 bits per heavy atom. The largest absolute Gasteiger partial charge is 0.472 e. The Hall–Kier alpha value is -2.33. The van der Waals surface area contributed by atoms with Gasteiger partial charge in [0.15, 0.2) is 6.10 Å². The van der Waals surface area contributed by atoms with Crippen LogP contribution in [0, 0.1) is 0 Å². The standard InChI is InChI=1S/C42H73O10P/c1-3-5-7-9-11-13-15-17-19-21-23-25-27-29-31-33-41(45)49-37-40(38-51-53(47,48)50-36-39(44)35-43)52-42(46)34-32-30-28-26-24-22-20-18-16-14-12-10-8-6-4-2/h5,7,11-14,17-20,39-40,43-44H,3-4,6,8-10,15-16,21-38H2,1-2H3,(H,47,48). The Kier molecular flexibility index (Phi) is 36.3. The minimum absolute atomic E-state index is 0.161. The number of rotatable bonds is 37. The molecule has 0 aliphatic heterocycles. The van der Waals surface area contributed by atoms with Gasteiger partial charge in [0.25, 0.3) is 0 Å². The predicted octanol–water partition coefficient (Wildman–Crippen LogP) is 10.3. The van der Waals surface area contributed by atoms with Crippen LogP contribution >= 0.6 is 7.82 Å². The third-order valence-electron chi connectivity index (χ3n) is 8.16. The van der Waals surface area contributed by atoms with Crippen LogP contribution in [-0.4, -0.2) is 65.7 Å². The number of ether oxygens (including phenoxy) is 2. The van der Waals surface area contributed by atoms with Crippen LogP contribution in [0.4, 0.5) is 0 Å². The Morgan fingerprint density at radius 1 is 0.585 bits per heavy atom. The first-order valence-corrected chi connectivity index (χ1v) is 21.7. The van der Waals surface area contributed by atoms with Crippen molar-refractivity contribution in [2.24, 2.45) is 0 Å². The summed E-state index contributed by atoms with van der Waals surface area (Å²) < 4.78 is 32.6. The lowest BCUT2D eigenvalue weighted by atomic mass is 10.1. The van der Waals surface area contributed by atoms with Gasteiger partial charge in [0.2, 0.25) is 0 Å². The number of carbonyl (C=O) groups excluding carboxylic acids is 2. The molecular formula is C42H73O10P. The first-order valence-electron chi connectivity index (χ1n) is 20.2. The van der Waals surface area contributed by atoms with Gasteiger partial charge < -0.3 is 24.6 Å². The number of phosphoric ester groups is 1. The van der Waals surface area contributed by atoms with E-state index in [9.17, 15) is 24.2 Å². The van der Waals surface area contributed by atoms with E-state index in [1.165, 1.54) is 19.3 Å². The average molecular weight is 769 g/mol. The molecule has 10 nitrogen and oxygen atoms in total. The van der Waals surface area contributed by atoms with Crippen molar-refractivity contribution >= 4 is 19.8 Å². The van der Waals surface area contributed by atoms with Crippen LogP contribution in [0.15, 0.2) is 60.8 Å². The average Bonchev–Trinajstić information content (AvgIpc) is 3.14. The molecule has 3 N–H and O–H groups in total. The topological polar surface area (TPSA) is 149 Å². The van der Waals surface area contributed by atoms with Crippen LogP contribution in [0.3, 0.4) is 0 Å². The van der Waals surface area contributed by atoms with Gasteiger partial charge in [-0.2, -0.15) is 0 Å². The van der Waals surface area contributed by atoms with Gasteiger partial charge in [-0.1, -0.05) is 126 Å². The molecule has 0 radical (unpaired) electrons. The first-order chi connectivity index (χ1) is 25.7. The summed E-state index contributed by atoms with van der Waals surface area (Å²) in [5, 5.41) is 18.3. The maximum Gasteiger partial charge on any atom is 0.472 e. The molecule has 3 atom stereocenters.